The summed E-state index contributed by atoms with van der Waals surface area (Å²) in [6.07, 6.45) is 4.66. The van der Waals surface area contributed by atoms with Crippen molar-refractivity contribution >= 4 is 34.8 Å². The highest BCUT2D eigenvalue weighted by Crippen LogP contribution is 2.16. The molecule has 0 radical (unpaired) electrons. The van der Waals surface area contributed by atoms with Crippen LogP contribution in [0.5, 0.6) is 11.8 Å². The zero-order chi connectivity index (χ0) is 15.8. The molecule has 0 aliphatic rings. The van der Waals surface area contributed by atoms with Gasteiger partial charge in [-0.25, -0.2) is 19.9 Å². The summed E-state index contributed by atoms with van der Waals surface area (Å²) < 4.78 is 5.31. The number of nitrogens with zero attached hydrogens (tertiary/aromatic N) is 5. The third-order valence-corrected chi connectivity index (χ3v) is 2.61. The maximum absolute atomic E-state index is 5.59. The largest absolute Gasteiger partial charge is 0.421 e. The number of ether oxygens (including phenoxy) is 1. The molecule has 0 saturated carbocycles. The summed E-state index contributed by atoms with van der Waals surface area (Å²) in [7, 11) is 0. The molecule has 0 saturated heterocycles. The third-order valence-electron chi connectivity index (χ3n) is 2.04. The maximum Gasteiger partial charge on any atom is 0.225 e. The lowest BCUT2D eigenvalue weighted by molar-refractivity contribution is 0.443. The van der Waals surface area contributed by atoms with E-state index in [0.29, 0.717) is 16.9 Å². The average Bonchev–Trinajstić information content (AvgIpc) is 2.49. The SMILES string of the molecule is Clc1ccnc(Cl)n1.Clc1nccc(Oc2ccccn2)n1. The molecule has 0 aromatic carbocycles. The lowest BCUT2D eigenvalue weighted by Crippen LogP contribution is -1.90. The molecule has 0 fully saturated rings. The van der Waals surface area contributed by atoms with E-state index in [2.05, 4.69) is 24.9 Å². The quantitative estimate of drug-likeness (QED) is 0.508. The second-order valence-electron chi connectivity index (χ2n) is 3.58. The number of hydrogen-bond donors (Lipinski definition) is 0. The fourth-order valence-electron chi connectivity index (χ4n) is 1.21. The number of hydrogen-bond acceptors (Lipinski definition) is 6. The average molecular weight is 357 g/mol. The second-order valence-corrected chi connectivity index (χ2v) is 4.65. The Morgan fingerprint density at radius 3 is 1.95 bits per heavy atom. The van der Waals surface area contributed by atoms with Crippen molar-refractivity contribution in [1.82, 2.24) is 24.9 Å². The van der Waals surface area contributed by atoms with Gasteiger partial charge in [0, 0.05) is 30.7 Å². The molecule has 0 spiro atoms. The molecular weight excluding hydrogens is 349 g/mol. The summed E-state index contributed by atoms with van der Waals surface area (Å²) in [6, 6.07) is 8.54. The molecule has 3 heterocycles. The Labute approximate surface area is 141 Å². The minimum Gasteiger partial charge on any atom is -0.421 e. The van der Waals surface area contributed by atoms with Crippen LogP contribution in [0.2, 0.25) is 15.7 Å². The minimum absolute atomic E-state index is 0.151. The molecule has 3 aromatic heterocycles. The monoisotopic (exact) mass is 355 g/mol. The van der Waals surface area contributed by atoms with Crippen LogP contribution in [0.1, 0.15) is 0 Å². The van der Waals surface area contributed by atoms with Crippen molar-refractivity contribution < 1.29 is 4.74 Å². The van der Waals surface area contributed by atoms with E-state index < -0.39 is 0 Å². The molecule has 3 rings (SSSR count). The van der Waals surface area contributed by atoms with E-state index in [1.54, 1.807) is 30.5 Å². The number of rotatable bonds is 2. The predicted molar refractivity (Wildman–Crippen MR) is 83.4 cm³/mol. The van der Waals surface area contributed by atoms with Gasteiger partial charge >= 0.3 is 0 Å². The van der Waals surface area contributed by atoms with Gasteiger partial charge in [0.1, 0.15) is 5.15 Å². The minimum atomic E-state index is 0.151. The van der Waals surface area contributed by atoms with E-state index in [4.69, 9.17) is 39.5 Å². The molecule has 0 aliphatic carbocycles. The van der Waals surface area contributed by atoms with Gasteiger partial charge < -0.3 is 4.74 Å². The normalized spacial score (nSPS) is 9.59. The standard InChI is InChI=1S/C9H6ClN3O.C4H2Cl2N2/c10-9-12-6-4-8(13-9)14-7-3-1-2-5-11-7;5-3-1-2-7-4(6)8-3/h1-6H;1-2H. The Balaban J connectivity index is 0.000000188. The van der Waals surface area contributed by atoms with Crippen LogP contribution in [0.15, 0.2) is 48.9 Å². The summed E-state index contributed by atoms with van der Waals surface area (Å²) in [5.41, 5.74) is 0. The van der Waals surface area contributed by atoms with E-state index in [9.17, 15) is 0 Å². The summed E-state index contributed by atoms with van der Waals surface area (Å²) in [5.74, 6) is 0.853. The van der Waals surface area contributed by atoms with E-state index in [1.807, 2.05) is 6.07 Å². The zero-order valence-electron chi connectivity index (χ0n) is 10.9. The van der Waals surface area contributed by atoms with E-state index in [-0.39, 0.29) is 10.6 Å². The molecular formula is C13H8Cl3N5O. The summed E-state index contributed by atoms with van der Waals surface area (Å²) >= 11 is 16.3. The molecule has 0 N–H and O–H groups in total. The molecule has 0 aliphatic heterocycles. The van der Waals surface area contributed by atoms with Crippen LogP contribution in [0.4, 0.5) is 0 Å². The van der Waals surface area contributed by atoms with Gasteiger partial charge in [-0.2, -0.15) is 4.98 Å². The van der Waals surface area contributed by atoms with Crippen LogP contribution >= 0.6 is 34.8 Å². The van der Waals surface area contributed by atoms with Crippen molar-refractivity contribution in [2.24, 2.45) is 0 Å². The highest BCUT2D eigenvalue weighted by Gasteiger charge is 1.99. The Hall–Kier alpha value is -2.02. The molecule has 0 bridgehead atoms. The Bertz CT molecular complexity index is 712. The summed E-state index contributed by atoms with van der Waals surface area (Å²) in [4.78, 5) is 18.8. The van der Waals surface area contributed by atoms with Crippen molar-refractivity contribution in [2.75, 3.05) is 0 Å². The Morgan fingerprint density at radius 1 is 0.682 bits per heavy atom. The van der Waals surface area contributed by atoms with E-state index in [1.165, 1.54) is 12.4 Å². The van der Waals surface area contributed by atoms with Gasteiger partial charge in [-0.15, -0.1) is 0 Å². The van der Waals surface area contributed by atoms with Crippen molar-refractivity contribution in [3.05, 3.63) is 64.6 Å². The lowest BCUT2D eigenvalue weighted by Gasteiger charge is -2.01. The van der Waals surface area contributed by atoms with Crippen molar-refractivity contribution in [3.63, 3.8) is 0 Å². The zero-order valence-corrected chi connectivity index (χ0v) is 13.2. The van der Waals surface area contributed by atoms with Crippen LogP contribution in [0, 0.1) is 0 Å². The number of pyridine rings is 1. The van der Waals surface area contributed by atoms with E-state index >= 15 is 0 Å². The van der Waals surface area contributed by atoms with E-state index in [0.717, 1.165) is 0 Å². The fourth-order valence-corrected chi connectivity index (χ4v) is 1.67. The first-order valence-electron chi connectivity index (χ1n) is 5.85. The van der Waals surface area contributed by atoms with Gasteiger partial charge in [-0.3, -0.25) is 0 Å². The van der Waals surface area contributed by atoms with Gasteiger partial charge in [0.2, 0.25) is 22.3 Å². The molecule has 112 valence electrons. The van der Waals surface area contributed by atoms with Crippen LogP contribution in [0.25, 0.3) is 0 Å². The van der Waals surface area contributed by atoms with Crippen LogP contribution in [0.3, 0.4) is 0 Å². The van der Waals surface area contributed by atoms with Crippen molar-refractivity contribution in [1.29, 1.82) is 0 Å². The Kier molecular flexibility index (Phi) is 6.27. The van der Waals surface area contributed by atoms with Gasteiger partial charge in [-0.05, 0) is 35.3 Å². The molecule has 22 heavy (non-hydrogen) atoms. The van der Waals surface area contributed by atoms with Crippen LogP contribution < -0.4 is 4.74 Å². The molecule has 9 heteroatoms. The fraction of sp³-hybridized carbons (Fsp3) is 0. The van der Waals surface area contributed by atoms with Crippen LogP contribution in [-0.2, 0) is 0 Å². The highest BCUT2D eigenvalue weighted by molar-refractivity contribution is 6.31. The smallest absolute Gasteiger partial charge is 0.225 e. The maximum atomic E-state index is 5.59. The Morgan fingerprint density at radius 2 is 1.41 bits per heavy atom. The topological polar surface area (TPSA) is 73.7 Å². The van der Waals surface area contributed by atoms with Crippen LogP contribution in [-0.4, -0.2) is 24.9 Å². The van der Waals surface area contributed by atoms with Gasteiger partial charge in [0.15, 0.2) is 0 Å². The number of aromatic nitrogens is 5. The lowest BCUT2D eigenvalue weighted by atomic mass is 10.5. The summed E-state index contributed by atoms with van der Waals surface area (Å²) in [6.45, 7) is 0. The molecule has 6 nitrogen and oxygen atoms in total. The van der Waals surface area contributed by atoms with Gasteiger partial charge in [0.25, 0.3) is 0 Å². The first-order valence-corrected chi connectivity index (χ1v) is 6.98. The second kappa shape index (κ2) is 8.43. The predicted octanol–water partition coefficient (Wildman–Crippen LogP) is 4.10. The number of halogens is 3. The third kappa shape index (κ3) is 5.77. The van der Waals surface area contributed by atoms with Gasteiger partial charge in [-0.1, -0.05) is 17.7 Å². The van der Waals surface area contributed by atoms with Crippen molar-refractivity contribution in [3.8, 4) is 11.8 Å². The summed E-state index contributed by atoms with van der Waals surface area (Å²) in [5, 5.41) is 0.695. The highest BCUT2D eigenvalue weighted by atomic mass is 35.5. The first kappa shape index (κ1) is 16.4. The van der Waals surface area contributed by atoms with Gasteiger partial charge in [0.05, 0.1) is 0 Å². The molecule has 0 atom stereocenters. The molecule has 3 aromatic rings. The molecule has 0 amide bonds. The molecule has 0 unspecified atom stereocenters. The first-order chi connectivity index (χ1) is 10.6. The van der Waals surface area contributed by atoms with Crippen molar-refractivity contribution in [2.45, 2.75) is 0 Å².